The zero-order valence-corrected chi connectivity index (χ0v) is 19.6. The van der Waals surface area contributed by atoms with Gasteiger partial charge in [0.1, 0.15) is 17.4 Å². The Balaban J connectivity index is 1.53. The maximum atomic E-state index is 11.2. The van der Waals surface area contributed by atoms with Crippen molar-refractivity contribution in [3.8, 4) is 5.75 Å². The van der Waals surface area contributed by atoms with Crippen LogP contribution in [0.25, 0.3) is 11.0 Å². The van der Waals surface area contributed by atoms with E-state index in [1.807, 2.05) is 19.9 Å². The Morgan fingerprint density at radius 2 is 1.77 bits per heavy atom. The molecule has 0 radical (unpaired) electrons. The van der Waals surface area contributed by atoms with Gasteiger partial charge in [-0.25, -0.2) is 9.78 Å². The minimum Gasteiger partial charge on any atom is -0.506 e. The summed E-state index contributed by atoms with van der Waals surface area (Å²) in [5.74, 6) is 0.590. The van der Waals surface area contributed by atoms with E-state index in [1.54, 1.807) is 6.07 Å². The molecule has 11 heteroatoms. The number of benzene rings is 1. The number of carboxylic acid groups (broad SMARTS) is 1. The molecule has 4 heterocycles. The molecule has 11 nitrogen and oxygen atoms in total. The second-order valence-electron chi connectivity index (χ2n) is 8.84. The maximum absolute atomic E-state index is 11.2. The number of carbonyl (C=O) groups is 1. The van der Waals surface area contributed by atoms with Gasteiger partial charge < -0.3 is 34.8 Å². The fourth-order valence-electron chi connectivity index (χ4n) is 4.46. The lowest BCUT2D eigenvalue weighted by molar-refractivity contribution is -0.00570. The molecule has 5 rings (SSSR count). The van der Waals surface area contributed by atoms with Crippen molar-refractivity contribution >= 4 is 40.3 Å². The van der Waals surface area contributed by atoms with Crippen LogP contribution in [0, 0.1) is 0 Å². The van der Waals surface area contributed by atoms with E-state index in [0.29, 0.717) is 49.4 Å². The molecule has 0 aliphatic carbocycles. The SMILES string of the molecule is CC1CN(c2nc(N3CCOCC3)c3ccc(Nc4ccc(C(=O)O)cc4O)nc3n2)CC(C)O1. The Morgan fingerprint density at radius 3 is 2.46 bits per heavy atom. The van der Waals surface area contributed by atoms with Gasteiger partial charge in [-0.1, -0.05) is 0 Å². The van der Waals surface area contributed by atoms with Crippen molar-refractivity contribution < 1.29 is 24.5 Å². The van der Waals surface area contributed by atoms with Crippen molar-refractivity contribution in [2.75, 3.05) is 54.5 Å². The molecule has 3 aromatic rings. The summed E-state index contributed by atoms with van der Waals surface area (Å²) in [4.78, 5) is 29.9. The van der Waals surface area contributed by atoms with Gasteiger partial charge in [0, 0.05) is 26.2 Å². The van der Waals surface area contributed by atoms with Gasteiger partial charge in [-0.15, -0.1) is 0 Å². The lowest BCUT2D eigenvalue weighted by atomic mass is 10.2. The number of nitrogens with zero attached hydrogens (tertiary/aromatic N) is 5. The first kappa shape index (κ1) is 23.1. The molecule has 1 aromatic carbocycles. The number of rotatable bonds is 5. The summed E-state index contributed by atoms with van der Waals surface area (Å²) < 4.78 is 11.4. The standard InChI is InChI=1S/C24H28N6O5/c1-14-12-30(13-15(2)35-14)24-27-21-17(22(28-24)29-7-9-34-10-8-29)4-6-20(26-21)25-18-5-3-16(23(32)33)11-19(18)31/h3-6,11,14-15,31H,7-10,12-13H2,1-2H3,(H,32,33)(H,25,26,27,28). The number of pyridine rings is 1. The highest BCUT2D eigenvalue weighted by atomic mass is 16.5. The number of nitrogens with one attached hydrogen (secondary N) is 1. The van der Waals surface area contributed by atoms with Crippen LogP contribution in [-0.2, 0) is 9.47 Å². The second kappa shape index (κ2) is 9.51. The van der Waals surface area contributed by atoms with Gasteiger partial charge >= 0.3 is 5.97 Å². The number of hydrogen-bond donors (Lipinski definition) is 3. The number of aromatic carboxylic acids is 1. The van der Waals surface area contributed by atoms with Crippen LogP contribution in [0.2, 0.25) is 0 Å². The summed E-state index contributed by atoms with van der Waals surface area (Å²) >= 11 is 0. The number of ether oxygens (including phenoxy) is 2. The molecule has 35 heavy (non-hydrogen) atoms. The monoisotopic (exact) mass is 480 g/mol. The predicted octanol–water partition coefficient (Wildman–Crippen LogP) is 2.62. The van der Waals surface area contributed by atoms with E-state index in [0.717, 1.165) is 24.3 Å². The molecule has 0 amide bonds. The van der Waals surface area contributed by atoms with E-state index in [-0.39, 0.29) is 23.5 Å². The van der Waals surface area contributed by atoms with E-state index >= 15 is 0 Å². The third-order valence-corrected chi connectivity index (χ3v) is 6.05. The van der Waals surface area contributed by atoms with E-state index in [2.05, 4.69) is 15.1 Å². The molecule has 2 saturated heterocycles. The summed E-state index contributed by atoms with van der Waals surface area (Å²) in [5.41, 5.74) is 0.872. The number of aromatic hydroxyl groups is 1. The van der Waals surface area contributed by atoms with Crippen LogP contribution in [0.4, 0.5) is 23.3 Å². The smallest absolute Gasteiger partial charge is 0.335 e. The zero-order chi connectivity index (χ0) is 24.5. The summed E-state index contributed by atoms with van der Waals surface area (Å²) in [6.07, 6.45) is 0.116. The van der Waals surface area contributed by atoms with Crippen molar-refractivity contribution in [1.29, 1.82) is 0 Å². The quantitative estimate of drug-likeness (QED) is 0.465. The van der Waals surface area contributed by atoms with Crippen molar-refractivity contribution in [3.63, 3.8) is 0 Å². The Morgan fingerprint density at radius 1 is 1.03 bits per heavy atom. The number of hydrogen-bond acceptors (Lipinski definition) is 10. The van der Waals surface area contributed by atoms with E-state index in [4.69, 9.17) is 29.5 Å². The first-order valence-corrected chi connectivity index (χ1v) is 11.6. The number of phenolic OH excluding ortho intramolecular Hbond substituents is 1. The van der Waals surface area contributed by atoms with Crippen molar-refractivity contribution in [1.82, 2.24) is 15.0 Å². The average molecular weight is 481 g/mol. The Kier molecular flexibility index (Phi) is 6.27. The molecule has 184 valence electrons. The molecule has 0 spiro atoms. The molecule has 3 N–H and O–H groups in total. The fraction of sp³-hybridized carbons (Fsp3) is 0.417. The summed E-state index contributed by atoms with van der Waals surface area (Å²) in [7, 11) is 0. The van der Waals surface area contributed by atoms with Crippen LogP contribution in [0.3, 0.4) is 0 Å². The molecule has 2 aliphatic rings. The van der Waals surface area contributed by atoms with Crippen LogP contribution >= 0.6 is 0 Å². The predicted molar refractivity (Wildman–Crippen MR) is 131 cm³/mol. The molecule has 2 aromatic heterocycles. The van der Waals surface area contributed by atoms with Crippen LogP contribution in [0.15, 0.2) is 30.3 Å². The molecule has 0 bridgehead atoms. The normalized spacial score (nSPS) is 20.7. The number of fused-ring (bicyclic) bond motifs is 1. The number of anilines is 4. The van der Waals surface area contributed by atoms with Gasteiger partial charge in [0.15, 0.2) is 5.65 Å². The zero-order valence-electron chi connectivity index (χ0n) is 19.6. The highest BCUT2D eigenvalue weighted by Gasteiger charge is 2.26. The lowest BCUT2D eigenvalue weighted by Gasteiger charge is -2.36. The highest BCUT2D eigenvalue weighted by molar-refractivity contribution is 5.91. The number of aromatic nitrogens is 3. The van der Waals surface area contributed by atoms with Crippen LogP contribution in [0.1, 0.15) is 24.2 Å². The van der Waals surface area contributed by atoms with Gasteiger partial charge in [0.05, 0.1) is 42.1 Å². The van der Waals surface area contributed by atoms with E-state index < -0.39 is 5.97 Å². The summed E-state index contributed by atoms with van der Waals surface area (Å²) in [6, 6.07) is 7.82. The largest absolute Gasteiger partial charge is 0.506 e. The fourth-order valence-corrected chi connectivity index (χ4v) is 4.46. The number of phenols is 1. The van der Waals surface area contributed by atoms with Crippen LogP contribution in [0.5, 0.6) is 5.75 Å². The number of carboxylic acids is 1. The first-order chi connectivity index (χ1) is 16.9. The highest BCUT2D eigenvalue weighted by Crippen LogP contribution is 2.31. The molecular weight excluding hydrogens is 452 g/mol. The Bertz CT molecular complexity index is 1240. The van der Waals surface area contributed by atoms with E-state index in [9.17, 15) is 9.90 Å². The van der Waals surface area contributed by atoms with Gasteiger partial charge in [-0.2, -0.15) is 9.97 Å². The maximum Gasteiger partial charge on any atom is 0.335 e. The minimum atomic E-state index is -1.11. The van der Waals surface area contributed by atoms with Gasteiger partial charge in [0.25, 0.3) is 0 Å². The first-order valence-electron chi connectivity index (χ1n) is 11.6. The summed E-state index contributed by atoms with van der Waals surface area (Å²) in [6.45, 7) is 8.15. The van der Waals surface area contributed by atoms with Gasteiger partial charge in [-0.3, -0.25) is 0 Å². The van der Waals surface area contributed by atoms with Crippen LogP contribution < -0.4 is 15.1 Å². The molecule has 2 fully saturated rings. The number of morpholine rings is 2. The van der Waals surface area contributed by atoms with Gasteiger partial charge in [0.2, 0.25) is 5.95 Å². The molecule has 2 unspecified atom stereocenters. The Labute approximate surface area is 202 Å². The van der Waals surface area contributed by atoms with E-state index in [1.165, 1.54) is 18.2 Å². The molecule has 0 saturated carbocycles. The lowest BCUT2D eigenvalue weighted by Crippen LogP contribution is -2.46. The third kappa shape index (κ3) is 4.91. The van der Waals surface area contributed by atoms with Crippen LogP contribution in [-0.4, -0.2) is 82.7 Å². The average Bonchev–Trinajstić information content (AvgIpc) is 2.84. The van der Waals surface area contributed by atoms with Gasteiger partial charge in [-0.05, 0) is 44.2 Å². The summed E-state index contributed by atoms with van der Waals surface area (Å²) in [5, 5.41) is 23.3. The Hall–Kier alpha value is -3.70. The molecule has 2 atom stereocenters. The molecule has 2 aliphatic heterocycles. The minimum absolute atomic E-state index is 0.000948. The molecular formula is C24H28N6O5. The third-order valence-electron chi connectivity index (χ3n) is 6.05. The van der Waals surface area contributed by atoms with Crippen molar-refractivity contribution in [2.24, 2.45) is 0 Å². The topological polar surface area (TPSA) is 133 Å². The van der Waals surface area contributed by atoms with Crippen molar-refractivity contribution in [3.05, 3.63) is 35.9 Å². The second-order valence-corrected chi connectivity index (χ2v) is 8.84. The van der Waals surface area contributed by atoms with Crippen molar-refractivity contribution in [2.45, 2.75) is 26.1 Å².